The van der Waals surface area contributed by atoms with Gasteiger partial charge < -0.3 is 10.1 Å². The molecule has 25 heavy (non-hydrogen) atoms. The summed E-state index contributed by atoms with van der Waals surface area (Å²) in [6, 6.07) is 17.7. The molecular formula is C19H15ClN2O3. The quantitative estimate of drug-likeness (QED) is 0.491. The van der Waals surface area contributed by atoms with E-state index in [0.717, 1.165) is 5.56 Å². The van der Waals surface area contributed by atoms with Gasteiger partial charge in [-0.2, -0.15) is 5.26 Å². The van der Waals surface area contributed by atoms with Crippen LogP contribution in [0.5, 0.6) is 0 Å². The van der Waals surface area contributed by atoms with E-state index in [-0.39, 0.29) is 5.57 Å². The zero-order valence-corrected chi connectivity index (χ0v) is 14.0. The predicted octanol–water partition coefficient (Wildman–Crippen LogP) is 3.11. The lowest BCUT2D eigenvalue weighted by atomic mass is 10.1. The summed E-state index contributed by atoms with van der Waals surface area (Å²) >= 11 is 5.78. The number of nitrogens with one attached hydrogen (secondary N) is 1. The normalized spacial score (nSPS) is 10.6. The maximum atomic E-state index is 11.9. The minimum Gasteiger partial charge on any atom is -0.451 e. The number of carbonyl (C=O) groups is 2. The molecule has 2 rings (SSSR count). The number of esters is 1. The third-order valence-electron chi connectivity index (χ3n) is 3.19. The molecule has 0 heterocycles. The number of hydrogen-bond acceptors (Lipinski definition) is 4. The maximum Gasteiger partial charge on any atom is 0.349 e. The van der Waals surface area contributed by atoms with E-state index in [9.17, 15) is 9.59 Å². The van der Waals surface area contributed by atoms with E-state index >= 15 is 0 Å². The van der Waals surface area contributed by atoms with Crippen molar-refractivity contribution in [3.8, 4) is 6.07 Å². The van der Waals surface area contributed by atoms with Crippen molar-refractivity contribution in [1.29, 1.82) is 5.26 Å². The molecular weight excluding hydrogens is 340 g/mol. The Bertz CT molecular complexity index is 809. The van der Waals surface area contributed by atoms with Crippen LogP contribution in [-0.2, 0) is 20.9 Å². The summed E-state index contributed by atoms with van der Waals surface area (Å²) in [6.07, 6.45) is 1.38. The van der Waals surface area contributed by atoms with E-state index in [1.165, 1.54) is 6.08 Å². The van der Waals surface area contributed by atoms with E-state index in [0.29, 0.717) is 17.1 Å². The highest BCUT2D eigenvalue weighted by Crippen LogP contribution is 2.13. The van der Waals surface area contributed by atoms with Crippen LogP contribution in [0.25, 0.3) is 6.08 Å². The summed E-state index contributed by atoms with van der Waals surface area (Å²) in [7, 11) is 0. The molecule has 6 heteroatoms. The van der Waals surface area contributed by atoms with Crippen molar-refractivity contribution >= 4 is 29.6 Å². The Hall–Kier alpha value is -3.10. The van der Waals surface area contributed by atoms with Crippen molar-refractivity contribution in [2.24, 2.45) is 0 Å². The first-order valence-electron chi connectivity index (χ1n) is 7.43. The zero-order chi connectivity index (χ0) is 18.1. The van der Waals surface area contributed by atoms with E-state index < -0.39 is 18.5 Å². The fourth-order valence-electron chi connectivity index (χ4n) is 1.92. The molecule has 0 fully saturated rings. The third-order valence-corrected chi connectivity index (χ3v) is 3.44. The van der Waals surface area contributed by atoms with Gasteiger partial charge in [-0.3, -0.25) is 4.79 Å². The molecule has 0 bridgehead atoms. The Balaban J connectivity index is 1.86. The molecule has 5 nitrogen and oxygen atoms in total. The number of amides is 1. The fraction of sp³-hybridized carbons (Fsp3) is 0.105. The molecule has 0 radical (unpaired) electrons. The van der Waals surface area contributed by atoms with Crippen LogP contribution in [0.2, 0.25) is 5.02 Å². The Morgan fingerprint density at radius 1 is 1.12 bits per heavy atom. The van der Waals surface area contributed by atoms with Crippen molar-refractivity contribution < 1.29 is 14.3 Å². The van der Waals surface area contributed by atoms with Crippen molar-refractivity contribution in [2.75, 3.05) is 6.61 Å². The number of nitriles is 1. The van der Waals surface area contributed by atoms with Crippen molar-refractivity contribution in [2.45, 2.75) is 6.54 Å². The number of nitrogens with zero attached hydrogens (tertiary/aromatic N) is 1. The minimum absolute atomic E-state index is 0.196. The molecule has 126 valence electrons. The first-order chi connectivity index (χ1) is 12.1. The number of carbonyl (C=O) groups excluding carboxylic acids is 2. The fourth-order valence-corrected chi connectivity index (χ4v) is 2.04. The van der Waals surface area contributed by atoms with Gasteiger partial charge in [0.1, 0.15) is 11.6 Å². The second-order valence-corrected chi connectivity index (χ2v) is 5.50. The van der Waals surface area contributed by atoms with Gasteiger partial charge in [0.25, 0.3) is 5.91 Å². The molecule has 2 aromatic carbocycles. The summed E-state index contributed by atoms with van der Waals surface area (Å²) in [5, 5.41) is 12.3. The van der Waals surface area contributed by atoms with Crippen molar-refractivity contribution in [3.05, 3.63) is 76.3 Å². The van der Waals surface area contributed by atoms with Crippen LogP contribution in [-0.4, -0.2) is 18.5 Å². The summed E-state index contributed by atoms with van der Waals surface area (Å²) in [5.74, 6) is -1.30. The summed E-state index contributed by atoms with van der Waals surface area (Å²) in [6.45, 7) is -0.117. The minimum atomic E-state index is -0.854. The zero-order valence-electron chi connectivity index (χ0n) is 13.2. The Kier molecular flexibility index (Phi) is 6.76. The molecule has 0 aromatic heterocycles. The Labute approximate surface area is 150 Å². The highest BCUT2D eigenvalue weighted by Gasteiger charge is 2.13. The molecule has 0 aliphatic rings. The average Bonchev–Trinajstić information content (AvgIpc) is 2.64. The molecule has 0 unspecified atom stereocenters. The van der Waals surface area contributed by atoms with E-state index in [4.69, 9.17) is 21.6 Å². The lowest BCUT2D eigenvalue weighted by Crippen LogP contribution is -2.28. The molecule has 1 amide bonds. The second kappa shape index (κ2) is 9.26. The third kappa shape index (κ3) is 6.13. The summed E-state index contributed by atoms with van der Waals surface area (Å²) in [5.41, 5.74) is 1.37. The molecule has 2 aromatic rings. The SMILES string of the molecule is N#CC(=Cc1ccc(Cl)cc1)C(=O)OCC(=O)NCc1ccccc1. The monoisotopic (exact) mass is 354 g/mol. The van der Waals surface area contributed by atoms with Gasteiger partial charge in [-0.05, 0) is 29.3 Å². The molecule has 0 saturated heterocycles. The van der Waals surface area contributed by atoms with Gasteiger partial charge in [0.05, 0.1) is 0 Å². The molecule has 0 aliphatic heterocycles. The van der Waals surface area contributed by atoms with Gasteiger partial charge in [-0.15, -0.1) is 0 Å². The number of hydrogen-bond donors (Lipinski definition) is 1. The molecule has 0 spiro atoms. The van der Waals surface area contributed by atoms with Crippen LogP contribution in [0.15, 0.2) is 60.2 Å². The molecule has 0 aliphatic carbocycles. The molecule has 0 saturated carbocycles. The van der Waals surface area contributed by atoms with E-state index in [1.807, 2.05) is 30.3 Å². The van der Waals surface area contributed by atoms with Crippen LogP contribution in [0.3, 0.4) is 0 Å². The van der Waals surface area contributed by atoms with Crippen molar-refractivity contribution in [1.82, 2.24) is 5.32 Å². The van der Waals surface area contributed by atoms with Gasteiger partial charge in [0.2, 0.25) is 0 Å². The van der Waals surface area contributed by atoms with Gasteiger partial charge >= 0.3 is 5.97 Å². The lowest BCUT2D eigenvalue weighted by molar-refractivity contribution is -0.144. The molecule has 1 N–H and O–H groups in total. The van der Waals surface area contributed by atoms with Crippen LogP contribution >= 0.6 is 11.6 Å². The van der Waals surface area contributed by atoms with Gasteiger partial charge in [0, 0.05) is 11.6 Å². The highest BCUT2D eigenvalue weighted by molar-refractivity contribution is 6.30. The number of ether oxygens (including phenoxy) is 1. The Morgan fingerprint density at radius 3 is 2.44 bits per heavy atom. The first kappa shape index (κ1) is 18.2. The number of benzene rings is 2. The second-order valence-electron chi connectivity index (χ2n) is 5.06. The predicted molar refractivity (Wildman–Crippen MR) is 94.3 cm³/mol. The first-order valence-corrected chi connectivity index (χ1v) is 7.81. The summed E-state index contributed by atoms with van der Waals surface area (Å²) in [4.78, 5) is 23.6. The smallest absolute Gasteiger partial charge is 0.349 e. The highest BCUT2D eigenvalue weighted by atomic mass is 35.5. The van der Waals surface area contributed by atoms with Gasteiger partial charge in [-0.25, -0.2) is 4.79 Å². The standard InChI is InChI=1S/C19H15ClN2O3/c20-17-8-6-14(7-9-17)10-16(11-21)19(24)25-13-18(23)22-12-15-4-2-1-3-5-15/h1-10H,12-13H2,(H,22,23). The van der Waals surface area contributed by atoms with Crippen LogP contribution in [0.4, 0.5) is 0 Å². The average molecular weight is 355 g/mol. The number of halogens is 1. The van der Waals surface area contributed by atoms with Gasteiger partial charge in [0.15, 0.2) is 6.61 Å². The largest absolute Gasteiger partial charge is 0.451 e. The topological polar surface area (TPSA) is 79.2 Å². The van der Waals surface area contributed by atoms with E-state index in [2.05, 4.69) is 5.32 Å². The van der Waals surface area contributed by atoms with Crippen LogP contribution in [0.1, 0.15) is 11.1 Å². The van der Waals surface area contributed by atoms with Crippen LogP contribution < -0.4 is 5.32 Å². The van der Waals surface area contributed by atoms with Crippen molar-refractivity contribution in [3.63, 3.8) is 0 Å². The number of rotatable bonds is 6. The van der Waals surface area contributed by atoms with Crippen LogP contribution in [0, 0.1) is 11.3 Å². The summed E-state index contributed by atoms with van der Waals surface area (Å²) < 4.78 is 4.87. The lowest BCUT2D eigenvalue weighted by Gasteiger charge is -2.06. The Morgan fingerprint density at radius 2 is 1.80 bits per heavy atom. The van der Waals surface area contributed by atoms with Gasteiger partial charge in [-0.1, -0.05) is 54.1 Å². The molecule has 0 atom stereocenters. The maximum absolute atomic E-state index is 11.9. The van der Waals surface area contributed by atoms with E-state index in [1.54, 1.807) is 30.3 Å².